The number of carbonyl (C=O) groups excluding carboxylic acids is 1. The first-order valence-corrected chi connectivity index (χ1v) is 14.4. The van der Waals surface area contributed by atoms with Gasteiger partial charge < -0.3 is 43.9 Å². The van der Waals surface area contributed by atoms with Crippen LogP contribution in [0.2, 0.25) is 10.0 Å². The minimum atomic E-state index is -0.556. The summed E-state index contributed by atoms with van der Waals surface area (Å²) in [6.07, 6.45) is -1.25. The van der Waals surface area contributed by atoms with Crippen LogP contribution in [0.3, 0.4) is 0 Å². The smallest absolute Gasteiger partial charge is 0.491 e. The van der Waals surface area contributed by atoms with Crippen molar-refractivity contribution in [1.29, 1.82) is 0 Å². The quantitative estimate of drug-likeness (QED) is 0.491. The van der Waals surface area contributed by atoms with Gasteiger partial charge in [-0.2, -0.15) is 0 Å². The third kappa shape index (κ3) is 6.96. The van der Waals surface area contributed by atoms with Crippen molar-refractivity contribution in [3.05, 3.63) is 45.4 Å². The Labute approximate surface area is 258 Å². The Morgan fingerprint density at radius 2 is 1.38 bits per heavy atom. The first-order valence-electron chi connectivity index (χ1n) is 13.6. The molecule has 2 aromatic rings. The Bertz CT molecular complexity index is 1300. The molecule has 0 bridgehead atoms. The van der Waals surface area contributed by atoms with Gasteiger partial charge >= 0.3 is 20.3 Å². The number of halogens is 2. The second-order valence-corrected chi connectivity index (χ2v) is 12.1. The first-order chi connectivity index (χ1) is 19.4. The van der Waals surface area contributed by atoms with E-state index in [4.69, 9.17) is 61.8 Å². The van der Waals surface area contributed by atoms with Crippen molar-refractivity contribution in [2.75, 3.05) is 26.3 Å². The standard InChI is InChI=1S/C16H21BClNO5.C11H13BClNO3.CH4/c1-9-8-21-11-6-5-10(18)13-12(24-17(23-9)14(11)13)7-19-15(20)22-16(2,3)4;1-6-5-15-8-3-2-7(13)10-9(4-14)17-12(16-6)11(8)10;/h5-6,9,12H,7-8H2,1-4H3,(H,19,20);2-3,6,9H,4-5,14H2,1H3;1H4. The van der Waals surface area contributed by atoms with E-state index in [1.807, 2.05) is 52.8 Å². The van der Waals surface area contributed by atoms with Gasteiger partial charge in [0.05, 0.1) is 24.4 Å². The lowest BCUT2D eigenvalue weighted by Crippen LogP contribution is -2.36. The summed E-state index contributed by atoms with van der Waals surface area (Å²) in [5, 5.41) is 3.94. The van der Waals surface area contributed by atoms with E-state index in [0.717, 1.165) is 27.8 Å². The van der Waals surface area contributed by atoms with E-state index in [-0.39, 0.29) is 32.3 Å². The van der Waals surface area contributed by atoms with Crippen molar-refractivity contribution in [2.24, 2.45) is 5.73 Å². The molecule has 6 rings (SSSR count). The van der Waals surface area contributed by atoms with E-state index in [2.05, 4.69) is 5.32 Å². The van der Waals surface area contributed by atoms with Gasteiger partial charge in [-0.3, -0.25) is 0 Å². The fraction of sp³-hybridized carbons (Fsp3) is 0.536. The fourth-order valence-corrected chi connectivity index (χ4v) is 5.64. The van der Waals surface area contributed by atoms with E-state index in [1.54, 1.807) is 6.07 Å². The lowest BCUT2D eigenvalue weighted by molar-refractivity contribution is 0.0485. The normalized spacial score (nSPS) is 23.5. The summed E-state index contributed by atoms with van der Waals surface area (Å²) in [5.41, 5.74) is 8.55. The van der Waals surface area contributed by atoms with Crippen molar-refractivity contribution in [1.82, 2.24) is 5.32 Å². The zero-order valence-electron chi connectivity index (χ0n) is 23.7. The summed E-state index contributed by atoms with van der Waals surface area (Å²) in [6, 6.07) is 7.28. The maximum absolute atomic E-state index is 11.9. The Morgan fingerprint density at radius 1 is 0.905 bits per heavy atom. The number of nitrogens with two attached hydrogens (primary N) is 1. The van der Waals surface area contributed by atoms with Crippen LogP contribution in [-0.2, 0) is 23.4 Å². The van der Waals surface area contributed by atoms with Gasteiger partial charge in [-0.1, -0.05) is 30.6 Å². The van der Waals surface area contributed by atoms with Crippen LogP contribution in [0.15, 0.2) is 24.3 Å². The summed E-state index contributed by atoms with van der Waals surface area (Å²) in [7, 11) is -0.957. The summed E-state index contributed by atoms with van der Waals surface area (Å²) in [4.78, 5) is 11.9. The molecule has 0 fully saturated rings. The number of rotatable bonds is 3. The largest absolute Gasteiger partial charge is 0.498 e. The summed E-state index contributed by atoms with van der Waals surface area (Å²) in [5.74, 6) is 1.50. The van der Waals surface area contributed by atoms with Crippen LogP contribution in [0.5, 0.6) is 11.5 Å². The maximum Gasteiger partial charge on any atom is 0.498 e. The van der Waals surface area contributed by atoms with Gasteiger partial charge in [0.25, 0.3) is 0 Å². The molecule has 3 N–H and O–H groups in total. The Kier molecular flexibility index (Phi) is 10.3. The second-order valence-electron chi connectivity index (χ2n) is 11.3. The number of alkyl carbamates (subject to hydrolysis) is 1. The molecular weight excluding hydrogens is 585 g/mol. The molecule has 4 heterocycles. The molecule has 4 aliphatic heterocycles. The van der Waals surface area contributed by atoms with Crippen LogP contribution in [0.4, 0.5) is 4.79 Å². The summed E-state index contributed by atoms with van der Waals surface area (Å²) < 4.78 is 40.1. The minimum Gasteiger partial charge on any atom is -0.491 e. The molecule has 1 amide bonds. The zero-order chi connectivity index (χ0) is 29.5. The highest BCUT2D eigenvalue weighted by Crippen LogP contribution is 2.36. The molecular formula is C28H38B2Cl2N2O8. The summed E-state index contributed by atoms with van der Waals surface area (Å²) in [6.45, 7) is 10.9. The zero-order valence-corrected chi connectivity index (χ0v) is 25.2. The van der Waals surface area contributed by atoms with Gasteiger partial charge in [0.2, 0.25) is 0 Å². The average molecular weight is 623 g/mol. The van der Waals surface area contributed by atoms with Gasteiger partial charge in [-0.25, -0.2) is 4.79 Å². The molecule has 4 unspecified atom stereocenters. The highest BCUT2D eigenvalue weighted by Gasteiger charge is 2.45. The highest BCUT2D eigenvalue weighted by atomic mass is 35.5. The molecule has 0 aliphatic carbocycles. The third-order valence-electron chi connectivity index (χ3n) is 6.78. The molecule has 228 valence electrons. The van der Waals surface area contributed by atoms with Crippen molar-refractivity contribution >= 4 is 54.5 Å². The van der Waals surface area contributed by atoms with Crippen molar-refractivity contribution < 1.29 is 37.6 Å². The van der Waals surface area contributed by atoms with Gasteiger partial charge in [-0.05, 0) is 58.9 Å². The number of carbonyl (C=O) groups is 1. The van der Waals surface area contributed by atoms with E-state index in [1.165, 1.54) is 0 Å². The van der Waals surface area contributed by atoms with Gasteiger partial charge in [0.1, 0.15) is 30.3 Å². The van der Waals surface area contributed by atoms with Crippen molar-refractivity contribution in [3.8, 4) is 11.5 Å². The van der Waals surface area contributed by atoms with Gasteiger partial charge in [0.15, 0.2) is 0 Å². The van der Waals surface area contributed by atoms with E-state index < -0.39 is 32.0 Å². The molecule has 0 saturated heterocycles. The Morgan fingerprint density at radius 3 is 1.86 bits per heavy atom. The lowest BCUT2D eigenvalue weighted by Gasteiger charge is -2.21. The number of benzene rings is 2. The lowest BCUT2D eigenvalue weighted by atomic mass is 9.77. The predicted molar refractivity (Wildman–Crippen MR) is 163 cm³/mol. The van der Waals surface area contributed by atoms with Gasteiger partial charge in [0, 0.05) is 45.2 Å². The maximum atomic E-state index is 11.9. The van der Waals surface area contributed by atoms with Crippen LogP contribution in [0, 0.1) is 0 Å². The summed E-state index contributed by atoms with van der Waals surface area (Å²) >= 11 is 12.6. The van der Waals surface area contributed by atoms with Crippen molar-refractivity contribution in [2.45, 2.75) is 72.1 Å². The number of amides is 1. The number of hydrogen-bond donors (Lipinski definition) is 2. The topological polar surface area (TPSA) is 120 Å². The molecule has 10 nitrogen and oxygen atoms in total. The Hall–Kier alpha value is -2.18. The number of hydrogen-bond acceptors (Lipinski definition) is 9. The van der Waals surface area contributed by atoms with Crippen LogP contribution in [-0.4, -0.2) is 64.4 Å². The predicted octanol–water partition coefficient (Wildman–Crippen LogP) is 3.93. The fourth-order valence-electron chi connectivity index (χ4n) is 5.07. The second kappa shape index (κ2) is 13.2. The molecule has 4 atom stereocenters. The molecule has 2 aromatic carbocycles. The van der Waals surface area contributed by atoms with Crippen LogP contribution in [0.25, 0.3) is 0 Å². The average Bonchev–Trinajstić information content (AvgIpc) is 3.35. The third-order valence-corrected chi connectivity index (χ3v) is 7.44. The van der Waals surface area contributed by atoms with Crippen molar-refractivity contribution in [3.63, 3.8) is 0 Å². The molecule has 0 spiro atoms. The SMILES string of the molecule is C.CC1COc2ccc(Cl)c3c2B(O1)OC3CN.CC1COc2ccc(Cl)c3c2B(O1)OC3CNC(=O)OC(C)(C)C. The molecule has 14 heteroatoms. The highest BCUT2D eigenvalue weighted by molar-refractivity contribution is 6.65. The monoisotopic (exact) mass is 622 g/mol. The molecule has 4 aliphatic rings. The van der Waals surface area contributed by atoms with E-state index in [9.17, 15) is 4.79 Å². The molecule has 0 radical (unpaired) electrons. The molecule has 0 aromatic heterocycles. The number of ether oxygens (including phenoxy) is 3. The Balaban J connectivity index is 0.000000198. The number of nitrogens with one attached hydrogen (secondary N) is 1. The van der Waals surface area contributed by atoms with Crippen LogP contribution < -0.4 is 31.4 Å². The first kappa shape index (κ1) is 32.7. The van der Waals surface area contributed by atoms with E-state index in [0.29, 0.717) is 35.6 Å². The van der Waals surface area contributed by atoms with E-state index >= 15 is 0 Å². The van der Waals surface area contributed by atoms with Gasteiger partial charge in [-0.15, -0.1) is 0 Å². The van der Waals surface area contributed by atoms with Crippen LogP contribution in [0.1, 0.15) is 65.4 Å². The molecule has 42 heavy (non-hydrogen) atoms. The molecule has 0 saturated carbocycles. The minimum absolute atomic E-state index is 0. The van der Waals surface area contributed by atoms with Crippen LogP contribution >= 0.6 is 23.2 Å².